The average Bonchev–Trinajstić information content (AvgIpc) is 2.61. The standard InChI is InChI=1S/C22H21NO/c24-19-5-2-12-23(14-19)13-18-9-8-17-7-6-15-3-1-4-16-10-11-20(18)22(17)21(15)16/h1,3-4,6-11,19,24H,2,5,12-14H2/t19-/m1/s1. The summed E-state index contributed by atoms with van der Waals surface area (Å²) in [5.41, 5.74) is 1.37. The molecular formula is C22H21NO. The number of aliphatic hydroxyl groups is 1. The highest BCUT2D eigenvalue weighted by molar-refractivity contribution is 6.23. The third-order valence-electron chi connectivity index (χ3n) is 5.49. The Labute approximate surface area is 141 Å². The normalized spacial score (nSPS) is 19.6. The molecule has 5 rings (SSSR count). The topological polar surface area (TPSA) is 23.5 Å². The van der Waals surface area contributed by atoms with Crippen LogP contribution in [0.5, 0.6) is 0 Å². The molecule has 1 atom stereocenters. The summed E-state index contributed by atoms with van der Waals surface area (Å²) < 4.78 is 0. The van der Waals surface area contributed by atoms with E-state index in [1.807, 2.05) is 0 Å². The maximum absolute atomic E-state index is 9.95. The highest BCUT2D eigenvalue weighted by Crippen LogP contribution is 2.36. The summed E-state index contributed by atoms with van der Waals surface area (Å²) >= 11 is 0. The van der Waals surface area contributed by atoms with Gasteiger partial charge in [-0.2, -0.15) is 0 Å². The highest BCUT2D eigenvalue weighted by atomic mass is 16.3. The van der Waals surface area contributed by atoms with E-state index in [4.69, 9.17) is 0 Å². The van der Waals surface area contributed by atoms with Gasteiger partial charge in [-0.15, -0.1) is 0 Å². The SMILES string of the molecule is O[C@@H]1CCCN(Cc2ccc3ccc4cccc5ccc2c3c45)C1. The quantitative estimate of drug-likeness (QED) is 0.549. The molecular weight excluding hydrogens is 294 g/mol. The van der Waals surface area contributed by atoms with Crippen molar-refractivity contribution in [1.82, 2.24) is 4.90 Å². The second kappa shape index (κ2) is 5.44. The van der Waals surface area contributed by atoms with Gasteiger partial charge in [0.15, 0.2) is 0 Å². The molecule has 0 bridgehead atoms. The number of hydrogen-bond donors (Lipinski definition) is 1. The van der Waals surface area contributed by atoms with Gasteiger partial charge in [-0.3, -0.25) is 4.90 Å². The van der Waals surface area contributed by atoms with Gasteiger partial charge >= 0.3 is 0 Å². The lowest BCUT2D eigenvalue weighted by molar-refractivity contribution is 0.0670. The molecule has 0 spiro atoms. The molecule has 1 aliphatic heterocycles. The van der Waals surface area contributed by atoms with Crippen LogP contribution in [-0.4, -0.2) is 29.2 Å². The molecule has 1 fully saturated rings. The van der Waals surface area contributed by atoms with Crippen molar-refractivity contribution in [3.63, 3.8) is 0 Å². The van der Waals surface area contributed by atoms with Gasteiger partial charge < -0.3 is 5.11 Å². The zero-order valence-electron chi connectivity index (χ0n) is 13.7. The van der Waals surface area contributed by atoms with E-state index in [1.54, 1.807) is 0 Å². The lowest BCUT2D eigenvalue weighted by Gasteiger charge is -2.30. The zero-order valence-corrected chi connectivity index (χ0v) is 13.7. The monoisotopic (exact) mass is 315 g/mol. The summed E-state index contributed by atoms with van der Waals surface area (Å²) in [6.45, 7) is 2.80. The van der Waals surface area contributed by atoms with Crippen LogP contribution in [0.15, 0.2) is 54.6 Å². The molecule has 1 saturated heterocycles. The third kappa shape index (κ3) is 2.18. The van der Waals surface area contributed by atoms with Crippen molar-refractivity contribution >= 4 is 32.3 Å². The molecule has 2 heteroatoms. The summed E-state index contributed by atoms with van der Waals surface area (Å²) in [4.78, 5) is 2.39. The second-order valence-corrected chi connectivity index (χ2v) is 7.11. The van der Waals surface area contributed by atoms with Gasteiger partial charge in [0.1, 0.15) is 0 Å². The average molecular weight is 315 g/mol. The van der Waals surface area contributed by atoms with Crippen molar-refractivity contribution in [1.29, 1.82) is 0 Å². The lowest BCUT2D eigenvalue weighted by atomic mass is 9.91. The number of β-amino-alcohol motifs (C(OH)–C–C–N with tert-alkyl or cyclic N) is 1. The smallest absolute Gasteiger partial charge is 0.0667 e. The number of likely N-dealkylation sites (tertiary alicyclic amines) is 1. The van der Waals surface area contributed by atoms with Crippen LogP contribution in [0, 0.1) is 0 Å². The first-order valence-electron chi connectivity index (χ1n) is 8.85. The Bertz CT molecular complexity index is 1010. The van der Waals surface area contributed by atoms with Crippen LogP contribution < -0.4 is 0 Å². The Balaban J connectivity index is 1.69. The van der Waals surface area contributed by atoms with E-state index >= 15 is 0 Å². The summed E-state index contributed by atoms with van der Waals surface area (Å²) in [6, 6.07) is 20.1. The molecule has 1 aliphatic rings. The minimum Gasteiger partial charge on any atom is -0.392 e. The molecule has 0 radical (unpaired) electrons. The molecule has 24 heavy (non-hydrogen) atoms. The Morgan fingerprint density at radius 2 is 1.58 bits per heavy atom. The fourth-order valence-electron chi connectivity index (χ4n) is 4.35. The van der Waals surface area contributed by atoms with Gasteiger partial charge in [0.05, 0.1) is 6.10 Å². The minimum atomic E-state index is -0.168. The first kappa shape index (κ1) is 14.2. The van der Waals surface area contributed by atoms with Crippen LogP contribution in [-0.2, 0) is 6.54 Å². The number of rotatable bonds is 2. The predicted octanol–water partition coefficient (Wildman–Crippen LogP) is 4.54. The van der Waals surface area contributed by atoms with Crippen molar-refractivity contribution < 1.29 is 5.11 Å². The Hall–Kier alpha value is -2.16. The molecule has 4 aromatic rings. The number of nitrogens with zero attached hydrogens (tertiary/aromatic N) is 1. The highest BCUT2D eigenvalue weighted by Gasteiger charge is 2.19. The molecule has 2 nitrogen and oxygen atoms in total. The van der Waals surface area contributed by atoms with Gasteiger partial charge in [0.2, 0.25) is 0 Å². The number of hydrogen-bond acceptors (Lipinski definition) is 2. The van der Waals surface area contributed by atoms with E-state index in [0.29, 0.717) is 0 Å². The molecule has 0 aromatic heterocycles. The summed E-state index contributed by atoms with van der Waals surface area (Å²) in [7, 11) is 0. The molecule has 1 heterocycles. The van der Waals surface area contributed by atoms with Crippen LogP contribution in [0.4, 0.5) is 0 Å². The van der Waals surface area contributed by atoms with Crippen LogP contribution in [0.1, 0.15) is 18.4 Å². The van der Waals surface area contributed by atoms with Crippen molar-refractivity contribution in [2.75, 3.05) is 13.1 Å². The fourth-order valence-corrected chi connectivity index (χ4v) is 4.35. The van der Waals surface area contributed by atoms with Crippen LogP contribution in [0.2, 0.25) is 0 Å². The first-order valence-corrected chi connectivity index (χ1v) is 8.85. The minimum absolute atomic E-state index is 0.168. The van der Waals surface area contributed by atoms with E-state index in [1.165, 1.54) is 37.9 Å². The molecule has 0 unspecified atom stereocenters. The predicted molar refractivity (Wildman–Crippen MR) is 101 cm³/mol. The van der Waals surface area contributed by atoms with E-state index in [-0.39, 0.29) is 6.10 Å². The van der Waals surface area contributed by atoms with Crippen molar-refractivity contribution in [2.24, 2.45) is 0 Å². The zero-order chi connectivity index (χ0) is 16.1. The van der Waals surface area contributed by atoms with Gasteiger partial charge in [-0.1, -0.05) is 54.6 Å². The van der Waals surface area contributed by atoms with E-state index in [2.05, 4.69) is 59.5 Å². The number of benzene rings is 4. The van der Waals surface area contributed by atoms with E-state index in [9.17, 15) is 5.11 Å². The van der Waals surface area contributed by atoms with Gasteiger partial charge in [-0.05, 0) is 57.3 Å². The molecule has 0 saturated carbocycles. The fraction of sp³-hybridized carbons (Fsp3) is 0.273. The van der Waals surface area contributed by atoms with Crippen molar-refractivity contribution in [3.05, 3.63) is 60.2 Å². The van der Waals surface area contributed by atoms with Gasteiger partial charge in [-0.25, -0.2) is 0 Å². The molecule has 0 aliphatic carbocycles. The van der Waals surface area contributed by atoms with Crippen LogP contribution in [0.25, 0.3) is 32.3 Å². The third-order valence-corrected chi connectivity index (χ3v) is 5.49. The molecule has 0 amide bonds. The molecule has 1 N–H and O–H groups in total. The van der Waals surface area contributed by atoms with Gasteiger partial charge in [0.25, 0.3) is 0 Å². The van der Waals surface area contributed by atoms with E-state index < -0.39 is 0 Å². The Morgan fingerprint density at radius 3 is 2.38 bits per heavy atom. The summed E-state index contributed by atoms with van der Waals surface area (Å²) in [6.07, 6.45) is 1.86. The van der Waals surface area contributed by atoms with Crippen molar-refractivity contribution in [3.8, 4) is 0 Å². The van der Waals surface area contributed by atoms with Crippen molar-refractivity contribution in [2.45, 2.75) is 25.5 Å². The van der Waals surface area contributed by atoms with Crippen LogP contribution >= 0.6 is 0 Å². The summed E-state index contributed by atoms with van der Waals surface area (Å²) in [5.74, 6) is 0. The molecule has 4 aromatic carbocycles. The number of aliphatic hydroxyl groups excluding tert-OH is 1. The first-order chi connectivity index (χ1) is 11.8. The maximum atomic E-state index is 9.95. The largest absolute Gasteiger partial charge is 0.392 e. The Morgan fingerprint density at radius 1 is 0.875 bits per heavy atom. The number of piperidine rings is 1. The lowest BCUT2D eigenvalue weighted by Crippen LogP contribution is -2.37. The molecule has 120 valence electrons. The maximum Gasteiger partial charge on any atom is 0.0667 e. The Kier molecular flexibility index (Phi) is 3.22. The van der Waals surface area contributed by atoms with Gasteiger partial charge in [0, 0.05) is 13.1 Å². The summed E-state index contributed by atoms with van der Waals surface area (Å²) in [5, 5.41) is 18.0. The van der Waals surface area contributed by atoms with E-state index in [0.717, 1.165) is 32.5 Å². The van der Waals surface area contributed by atoms with Crippen LogP contribution in [0.3, 0.4) is 0 Å². The second-order valence-electron chi connectivity index (χ2n) is 7.11.